The molecular weight excluding hydrogens is 372 g/mol. The molecule has 0 atom stereocenters. The Morgan fingerprint density at radius 2 is 1.93 bits per heavy atom. The highest BCUT2D eigenvalue weighted by Crippen LogP contribution is 2.19. The molecule has 4 aromatic heterocycles. The molecule has 4 aromatic rings. The zero-order valence-corrected chi connectivity index (χ0v) is 15.5. The zero-order chi connectivity index (χ0) is 20.4. The first-order valence-corrected chi connectivity index (χ1v) is 8.45. The van der Waals surface area contributed by atoms with Gasteiger partial charge in [-0.3, -0.25) is 15.1 Å². The molecule has 0 saturated heterocycles. The number of fused-ring (bicyclic) bond motifs is 1. The number of rotatable bonds is 2. The van der Waals surface area contributed by atoms with Crippen LogP contribution in [0.5, 0.6) is 0 Å². The molecule has 0 fully saturated rings. The summed E-state index contributed by atoms with van der Waals surface area (Å²) in [4.78, 5) is 33.2. The highest BCUT2D eigenvalue weighted by Gasteiger charge is 2.11. The van der Waals surface area contributed by atoms with Crippen molar-refractivity contribution < 1.29 is 9.32 Å². The van der Waals surface area contributed by atoms with Crippen LogP contribution in [0, 0.1) is 25.7 Å². The molecule has 0 aliphatic rings. The first kappa shape index (κ1) is 18.0. The van der Waals surface area contributed by atoms with Crippen molar-refractivity contribution in [2.24, 2.45) is 0 Å². The van der Waals surface area contributed by atoms with Crippen molar-refractivity contribution in [3.63, 3.8) is 0 Å². The summed E-state index contributed by atoms with van der Waals surface area (Å²) in [6.07, 6.45) is 5.63. The minimum absolute atomic E-state index is 0.0605. The van der Waals surface area contributed by atoms with E-state index in [-0.39, 0.29) is 17.3 Å². The smallest absolute Gasteiger partial charge is 0.270 e. The lowest BCUT2D eigenvalue weighted by Crippen LogP contribution is -2.13. The number of carbonyl (C=O) groups excluding carboxylic acids is 1. The number of amides is 1. The van der Waals surface area contributed by atoms with Crippen molar-refractivity contribution in [2.45, 2.75) is 13.8 Å². The molecule has 0 bridgehead atoms. The summed E-state index contributed by atoms with van der Waals surface area (Å²) in [6.45, 7) is 3.74. The molecule has 4 heterocycles. The quantitative estimate of drug-likeness (QED) is 0.491. The van der Waals surface area contributed by atoms with Crippen LogP contribution >= 0.6 is 0 Å². The molecule has 4 rings (SSSR count). The third-order valence-corrected chi connectivity index (χ3v) is 4.07. The standard InChI is InChI=1S/C19H14N8O2/c1-10-11(2)25-16-14(17(20)22-8-15(16)24-10)4-3-12-5-13(7-21-6-12)18(28)26-19-23-9-29-27-19/h5-9H,1-2H3,(H2,20,22)(H,26,27,28). The van der Waals surface area contributed by atoms with Crippen molar-refractivity contribution in [3.8, 4) is 11.8 Å². The SMILES string of the molecule is Cc1nc2cnc(N)c(C#Cc3cncc(C(=O)Nc4ncon4)c3)c2nc1C. The third-order valence-electron chi connectivity index (χ3n) is 4.07. The second kappa shape index (κ2) is 7.32. The number of anilines is 2. The number of aryl methyl sites for hydroxylation is 2. The highest BCUT2D eigenvalue weighted by molar-refractivity contribution is 6.03. The Morgan fingerprint density at radius 3 is 2.72 bits per heavy atom. The molecule has 0 radical (unpaired) electrons. The van der Waals surface area contributed by atoms with Crippen molar-refractivity contribution in [1.29, 1.82) is 0 Å². The van der Waals surface area contributed by atoms with E-state index in [2.05, 4.69) is 51.8 Å². The van der Waals surface area contributed by atoms with E-state index in [9.17, 15) is 4.79 Å². The van der Waals surface area contributed by atoms with Crippen LogP contribution in [-0.4, -0.2) is 36.0 Å². The predicted molar refractivity (Wildman–Crippen MR) is 104 cm³/mol. The molecule has 1 amide bonds. The average Bonchev–Trinajstić information content (AvgIpc) is 3.22. The van der Waals surface area contributed by atoms with Crippen LogP contribution in [-0.2, 0) is 0 Å². The third kappa shape index (κ3) is 3.70. The van der Waals surface area contributed by atoms with Gasteiger partial charge < -0.3 is 10.3 Å². The van der Waals surface area contributed by atoms with Crippen LogP contribution in [0.3, 0.4) is 0 Å². The summed E-state index contributed by atoms with van der Waals surface area (Å²) >= 11 is 0. The molecule has 142 valence electrons. The monoisotopic (exact) mass is 386 g/mol. The van der Waals surface area contributed by atoms with Gasteiger partial charge in [-0.25, -0.2) is 15.0 Å². The molecule has 3 N–H and O–H groups in total. The lowest BCUT2D eigenvalue weighted by atomic mass is 10.1. The molecule has 29 heavy (non-hydrogen) atoms. The van der Waals surface area contributed by atoms with Crippen LogP contribution in [0.2, 0.25) is 0 Å². The van der Waals surface area contributed by atoms with Gasteiger partial charge in [0.25, 0.3) is 11.9 Å². The predicted octanol–water partition coefficient (Wildman–Crippen LogP) is 1.65. The number of hydrogen-bond donors (Lipinski definition) is 2. The molecule has 0 unspecified atom stereocenters. The van der Waals surface area contributed by atoms with Gasteiger partial charge in [-0.2, -0.15) is 4.98 Å². The number of pyridine rings is 2. The van der Waals surface area contributed by atoms with Gasteiger partial charge in [-0.15, -0.1) is 0 Å². The Bertz CT molecular complexity index is 1290. The second-order valence-corrected chi connectivity index (χ2v) is 6.07. The summed E-state index contributed by atoms with van der Waals surface area (Å²) in [5.41, 5.74) is 10.1. The van der Waals surface area contributed by atoms with Crippen molar-refractivity contribution in [2.75, 3.05) is 11.1 Å². The van der Waals surface area contributed by atoms with Gasteiger partial charge in [0.2, 0.25) is 6.39 Å². The Kier molecular flexibility index (Phi) is 4.54. The molecule has 10 nitrogen and oxygen atoms in total. The summed E-state index contributed by atoms with van der Waals surface area (Å²) in [5, 5.41) is 6.02. The molecule has 0 aliphatic carbocycles. The van der Waals surface area contributed by atoms with E-state index < -0.39 is 5.91 Å². The zero-order valence-electron chi connectivity index (χ0n) is 15.5. The fourth-order valence-electron chi connectivity index (χ4n) is 2.50. The van der Waals surface area contributed by atoms with Crippen LogP contribution in [0.25, 0.3) is 11.0 Å². The number of nitrogens with one attached hydrogen (secondary N) is 1. The lowest BCUT2D eigenvalue weighted by Gasteiger charge is -2.05. The number of nitrogen functional groups attached to an aromatic ring is 1. The maximum atomic E-state index is 12.3. The van der Waals surface area contributed by atoms with E-state index in [1.807, 2.05) is 13.8 Å². The van der Waals surface area contributed by atoms with E-state index in [4.69, 9.17) is 5.73 Å². The van der Waals surface area contributed by atoms with Crippen LogP contribution < -0.4 is 11.1 Å². The van der Waals surface area contributed by atoms with Crippen LogP contribution in [0.4, 0.5) is 11.8 Å². The summed E-state index contributed by atoms with van der Waals surface area (Å²) in [7, 11) is 0. The molecule has 0 saturated carbocycles. The minimum Gasteiger partial charge on any atom is -0.383 e. The van der Waals surface area contributed by atoms with Gasteiger partial charge in [-0.1, -0.05) is 11.8 Å². The lowest BCUT2D eigenvalue weighted by molar-refractivity contribution is 0.102. The van der Waals surface area contributed by atoms with Gasteiger partial charge in [-0.05, 0) is 25.1 Å². The topological polar surface area (TPSA) is 146 Å². The minimum atomic E-state index is -0.439. The largest absolute Gasteiger partial charge is 0.383 e. The second-order valence-electron chi connectivity index (χ2n) is 6.07. The summed E-state index contributed by atoms with van der Waals surface area (Å²) in [6, 6.07) is 1.59. The fourth-order valence-corrected chi connectivity index (χ4v) is 2.50. The Balaban J connectivity index is 1.69. The number of hydrogen-bond acceptors (Lipinski definition) is 9. The van der Waals surface area contributed by atoms with E-state index in [1.165, 1.54) is 12.4 Å². The van der Waals surface area contributed by atoms with Crippen molar-refractivity contribution in [3.05, 3.63) is 59.1 Å². The van der Waals surface area contributed by atoms with Gasteiger partial charge in [0.05, 0.1) is 28.7 Å². The number of nitrogens with two attached hydrogens (primary N) is 1. The van der Waals surface area contributed by atoms with Crippen molar-refractivity contribution in [1.82, 2.24) is 30.1 Å². The molecule has 0 aliphatic heterocycles. The molecular formula is C19H14N8O2. The number of carbonyl (C=O) groups is 1. The molecule has 10 heteroatoms. The molecule has 0 spiro atoms. The van der Waals surface area contributed by atoms with Gasteiger partial charge in [0.1, 0.15) is 16.9 Å². The van der Waals surface area contributed by atoms with Crippen molar-refractivity contribution >= 4 is 28.7 Å². The van der Waals surface area contributed by atoms with Gasteiger partial charge >= 0.3 is 0 Å². The maximum absolute atomic E-state index is 12.3. The average molecular weight is 386 g/mol. The van der Waals surface area contributed by atoms with E-state index in [0.29, 0.717) is 22.2 Å². The highest BCUT2D eigenvalue weighted by atomic mass is 16.5. The van der Waals surface area contributed by atoms with Crippen LogP contribution in [0.1, 0.15) is 32.9 Å². The Hall–Kier alpha value is -4.39. The van der Waals surface area contributed by atoms with E-state index in [0.717, 1.165) is 17.8 Å². The van der Waals surface area contributed by atoms with E-state index in [1.54, 1.807) is 12.3 Å². The van der Waals surface area contributed by atoms with Gasteiger partial charge in [0, 0.05) is 18.0 Å². The normalized spacial score (nSPS) is 10.4. The number of nitrogens with zero attached hydrogens (tertiary/aromatic N) is 6. The molecule has 0 aromatic carbocycles. The number of aromatic nitrogens is 6. The maximum Gasteiger partial charge on any atom is 0.270 e. The summed E-state index contributed by atoms with van der Waals surface area (Å²) < 4.78 is 4.58. The Morgan fingerprint density at radius 1 is 1.10 bits per heavy atom. The Labute approximate surface area is 164 Å². The van der Waals surface area contributed by atoms with E-state index >= 15 is 0 Å². The first-order valence-electron chi connectivity index (χ1n) is 8.45. The summed E-state index contributed by atoms with van der Waals surface area (Å²) in [5.74, 6) is 5.80. The first-order chi connectivity index (χ1) is 14.0. The van der Waals surface area contributed by atoms with Crippen LogP contribution in [0.15, 0.2) is 35.6 Å². The fraction of sp³-hybridized carbons (Fsp3) is 0.105. The van der Waals surface area contributed by atoms with Gasteiger partial charge in [0.15, 0.2) is 0 Å².